The number of ether oxygens (including phenoxy) is 1. The van der Waals surface area contributed by atoms with Crippen LogP contribution in [0.1, 0.15) is 40.5 Å². The third-order valence-electron chi connectivity index (χ3n) is 1.27. The molecule has 0 aromatic rings. The number of hydrogen-bond acceptors (Lipinski definition) is 2. The number of hydrogen-bond donors (Lipinski definition) is 0. The zero-order valence-electron chi connectivity index (χ0n) is 8.39. The highest BCUT2D eigenvalue weighted by atomic mass is 16.5. The van der Waals surface area contributed by atoms with Gasteiger partial charge in [0.05, 0.1) is 6.10 Å². The molecular weight excluding hydrogens is 152 g/mol. The summed E-state index contributed by atoms with van der Waals surface area (Å²) in [5, 5.41) is 0. The fraction of sp³-hybridized carbons (Fsp3) is 0.700. The highest BCUT2D eigenvalue weighted by molar-refractivity contribution is 5.69. The van der Waals surface area contributed by atoms with Crippen LogP contribution in [0.2, 0.25) is 0 Å². The van der Waals surface area contributed by atoms with Crippen LogP contribution in [0.15, 0.2) is 11.6 Å². The van der Waals surface area contributed by atoms with Crippen molar-refractivity contribution in [2.75, 3.05) is 0 Å². The summed E-state index contributed by atoms with van der Waals surface area (Å²) in [5.41, 5.74) is 1.24. The minimum Gasteiger partial charge on any atom is -0.463 e. The second kappa shape index (κ2) is 5.81. The Kier molecular flexibility index (Phi) is 5.43. The molecule has 2 nitrogen and oxygen atoms in total. The van der Waals surface area contributed by atoms with Crippen LogP contribution in [-0.2, 0) is 9.53 Å². The van der Waals surface area contributed by atoms with E-state index in [1.165, 1.54) is 5.57 Å². The SMILES string of the molecule is CC(C)=CCCC(=O)OC(C)C. The van der Waals surface area contributed by atoms with Crippen molar-refractivity contribution in [3.05, 3.63) is 11.6 Å². The molecule has 0 spiro atoms. The van der Waals surface area contributed by atoms with Gasteiger partial charge >= 0.3 is 5.97 Å². The molecule has 0 aliphatic rings. The van der Waals surface area contributed by atoms with Gasteiger partial charge in [0.15, 0.2) is 0 Å². The van der Waals surface area contributed by atoms with Crippen LogP contribution < -0.4 is 0 Å². The number of esters is 1. The van der Waals surface area contributed by atoms with Crippen LogP contribution in [0.5, 0.6) is 0 Å². The first-order valence-corrected chi connectivity index (χ1v) is 4.35. The Hall–Kier alpha value is -0.790. The fourth-order valence-electron chi connectivity index (χ4n) is 0.801. The molecule has 0 aliphatic heterocycles. The Morgan fingerprint density at radius 1 is 1.42 bits per heavy atom. The maximum Gasteiger partial charge on any atom is 0.306 e. The smallest absolute Gasteiger partial charge is 0.306 e. The minimum atomic E-state index is -0.109. The van der Waals surface area contributed by atoms with Crippen molar-refractivity contribution >= 4 is 5.97 Å². The molecule has 0 aromatic carbocycles. The lowest BCUT2D eigenvalue weighted by Gasteiger charge is -2.06. The van der Waals surface area contributed by atoms with Crippen molar-refractivity contribution < 1.29 is 9.53 Å². The van der Waals surface area contributed by atoms with Gasteiger partial charge in [-0.05, 0) is 34.1 Å². The number of allylic oxidation sites excluding steroid dienone is 2. The Bertz CT molecular complexity index is 165. The van der Waals surface area contributed by atoms with Gasteiger partial charge < -0.3 is 4.74 Å². The van der Waals surface area contributed by atoms with E-state index in [0.29, 0.717) is 6.42 Å². The summed E-state index contributed by atoms with van der Waals surface area (Å²) in [7, 11) is 0. The molecule has 0 atom stereocenters. The van der Waals surface area contributed by atoms with Crippen LogP contribution in [0.3, 0.4) is 0 Å². The first-order valence-electron chi connectivity index (χ1n) is 4.35. The summed E-state index contributed by atoms with van der Waals surface area (Å²) in [6.45, 7) is 7.76. The third-order valence-corrected chi connectivity index (χ3v) is 1.27. The quantitative estimate of drug-likeness (QED) is 0.479. The molecule has 0 N–H and O–H groups in total. The van der Waals surface area contributed by atoms with E-state index < -0.39 is 0 Å². The molecule has 0 saturated carbocycles. The van der Waals surface area contributed by atoms with Gasteiger partial charge in [-0.15, -0.1) is 0 Å². The maximum absolute atomic E-state index is 11.0. The van der Waals surface area contributed by atoms with E-state index in [4.69, 9.17) is 4.74 Å². The van der Waals surface area contributed by atoms with E-state index >= 15 is 0 Å². The van der Waals surface area contributed by atoms with Crippen LogP contribution in [0.25, 0.3) is 0 Å². The lowest BCUT2D eigenvalue weighted by atomic mass is 10.2. The first-order chi connectivity index (χ1) is 5.52. The topological polar surface area (TPSA) is 26.3 Å². The molecule has 0 fully saturated rings. The number of rotatable bonds is 4. The van der Waals surface area contributed by atoms with E-state index in [2.05, 4.69) is 0 Å². The molecule has 12 heavy (non-hydrogen) atoms. The van der Waals surface area contributed by atoms with Crippen molar-refractivity contribution in [3.8, 4) is 0 Å². The molecule has 0 unspecified atom stereocenters. The molecule has 70 valence electrons. The van der Waals surface area contributed by atoms with Crippen LogP contribution in [0, 0.1) is 0 Å². The largest absolute Gasteiger partial charge is 0.463 e. The monoisotopic (exact) mass is 170 g/mol. The number of carbonyl (C=O) groups is 1. The Labute approximate surface area is 74.6 Å². The van der Waals surface area contributed by atoms with Crippen LogP contribution in [-0.4, -0.2) is 12.1 Å². The van der Waals surface area contributed by atoms with Gasteiger partial charge in [-0.1, -0.05) is 11.6 Å². The van der Waals surface area contributed by atoms with Crippen LogP contribution >= 0.6 is 0 Å². The van der Waals surface area contributed by atoms with E-state index in [1.807, 2.05) is 33.8 Å². The Balaban J connectivity index is 3.51. The van der Waals surface area contributed by atoms with E-state index in [0.717, 1.165) is 6.42 Å². The minimum absolute atomic E-state index is 0.00389. The lowest BCUT2D eigenvalue weighted by molar-refractivity contribution is -0.147. The molecule has 0 radical (unpaired) electrons. The summed E-state index contributed by atoms with van der Waals surface area (Å²) < 4.78 is 4.96. The normalized spacial score (nSPS) is 9.75. The van der Waals surface area contributed by atoms with Crippen molar-refractivity contribution in [2.45, 2.75) is 46.6 Å². The highest BCUT2D eigenvalue weighted by Crippen LogP contribution is 2.00. The molecule has 0 saturated heterocycles. The predicted molar refractivity (Wildman–Crippen MR) is 49.9 cm³/mol. The molecule has 0 amide bonds. The summed E-state index contributed by atoms with van der Waals surface area (Å²) in [6.07, 6.45) is 3.32. The van der Waals surface area contributed by atoms with Gasteiger partial charge in [-0.25, -0.2) is 0 Å². The van der Waals surface area contributed by atoms with Crippen molar-refractivity contribution in [3.63, 3.8) is 0 Å². The molecule has 0 aliphatic carbocycles. The summed E-state index contributed by atoms with van der Waals surface area (Å²) in [4.78, 5) is 11.0. The van der Waals surface area contributed by atoms with Crippen molar-refractivity contribution in [1.82, 2.24) is 0 Å². The lowest BCUT2D eigenvalue weighted by Crippen LogP contribution is -2.10. The van der Waals surface area contributed by atoms with E-state index in [1.54, 1.807) is 0 Å². The Morgan fingerprint density at radius 2 is 2.00 bits per heavy atom. The third kappa shape index (κ3) is 7.32. The van der Waals surface area contributed by atoms with Gasteiger partial charge in [0.2, 0.25) is 0 Å². The maximum atomic E-state index is 11.0. The van der Waals surface area contributed by atoms with E-state index in [-0.39, 0.29) is 12.1 Å². The van der Waals surface area contributed by atoms with Crippen LogP contribution in [0.4, 0.5) is 0 Å². The van der Waals surface area contributed by atoms with Gasteiger partial charge in [0, 0.05) is 6.42 Å². The summed E-state index contributed by atoms with van der Waals surface area (Å²) in [6, 6.07) is 0. The van der Waals surface area contributed by atoms with E-state index in [9.17, 15) is 4.79 Å². The summed E-state index contributed by atoms with van der Waals surface area (Å²) >= 11 is 0. The van der Waals surface area contributed by atoms with Gasteiger partial charge in [0.25, 0.3) is 0 Å². The zero-order valence-corrected chi connectivity index (χ0v) is 8.39. The van der Waals surface area contributed by atoms with Gasteiger partial charge in [-0.2, -0.15) is 0 Å². The van der Waals surface area contributed by atoms with Gasteiger partial charge in [-0.3, -0.25) is 4.79 Å². The molecule has 0 heterocycles. The second-order valence-electron chi connectivity index (χ2n) is 3.36. The molecule has 0 bridgehead atoms. The average molecular weight is 170 g/mol. The average Bonchev–Trinajstić information content (AvgIpc) is 1.84. The first kappa shape index (κ1) is 11.2. The van der Waals surface area contributed by atoms with Crippen molar-refractivity contribution in [1.29, 1.82) is 0 Å². The Morgan fingerprint density at radius 3 is 2.42 bits per heavy atom. The second-order valence-corrected chi connectivity index (χ2v) is 3.36. The predicted octanol–water partition coefficient (Wildman–Crippen LogP) is 2.68. The zero-order chi connectivity index (χ0) is 9.56. The molecule has 0 rings (SSSR count). The molecule has 0 aromatic heterocycles. The summed E-state index contributed by atoms with van der Waals surface area (Å²) in [5.74, 6) is -0.109. The molecule has 2 heteroatoms. The number of carbonyl (C=O) groups excluding carboxylic acids is 1. The standard InChI is InChI=1S/C10H18O2/c1-8(2)6-5-7-10(11)12-9(3)4/h6,9H,5,7H2,1-4H3. The fourth-order valence-corrected chi connectivity index (χ4v) is 0.801. The van der Waals surface area contributed by atoms with Crippen molar-refractivity contribution in [2.24, 2.45) is 0 Å². The molecular formula is C10H18O2. The highest BCUT2D eigenvalue weighted by Gasteiger charge is 2.02. The van der Waals surface area contributed by atoms with Gasteiger partial charge in [0.1, 0.15) is 0 Å².